The van der Waals surface area contributed by atoms with Crippen molar-refractivity contribution >= 4 is 0 Å². The van der Waals surface area contributed by atoms with Gasteiger partial charge in [-0.1, -0.05) is 42.4 Å². The number of aromatic nitrogens is 1. The van der Waals surface area contributed by atoms with Crippen LogP contribution in [0.5, 0.6) is 0 Å². The van der Waals surface area contributed by atoms with E-state index in [1.807, 2.05) is 43.3 Å². The van der Waals surface area contributed by atoms with Gasteiger partial charge in [-0.05, 0) is 13.3 Å². The highest BCUT2D eigenvalue weighted by atomic mass is 16.6. The largest absolute Gasteiger partial charge is 0.393 e. The number of aliphatic hydroxyl groups is 3. The van der Waals surface area contributed by atoms with Gasteiger partial charge >= 0.3 is 0 Å². The van der Waals surface area contributed by atoms with E-state index in [0.29, 0.717) is 30.9 Å². The van der Waals surface area contributed by atoms with Gasteiger partial charge in [-0.15, -0.1) is 0 Å². The molecule has 3 heterocycles. The first kappa shape index (κ1) is 20.5. The first-order chi connectivity index (χ1) is 13.9. The molecular formula is C22H29NO6. The van der Waals surface area contributed by atoms with Gasteiger partial charge in [0.25, 0.3) is 0 Å². The van der Waals surface area contributed by atoms with Gasteiger partial charge in [-0.3, -0.25) is 0 Å². The van der Waals surface area contributed by atoms with Crippen molar-refractivity contribution in [3.63, 3.8) is 0 Å². The van der Waals surface area contributed by atoms with Crippen LogP contribution in [0.1, 0.15) is 26.0 Å². The summed E-state index contributed by atoms with van der Waals surface area (Å²) in [4.78, 5) is 0. The van der Waals surface area contributed by atoms with Crippen molar-refractivity contribution in [2.45, 2.75) is 63.3 Å². The molecule has 2 aromatic rings. The highest BCUT2D eigenvalue weighted by molar-refractivity contribution is 5.56. The summed E-state index contributed by atoms with van der Waals surface area (Å²) in [6.45, 7) is 4.06. The van der Waals surface area contributed by atoms with Gasteiger partial charge in [-0.2, -0.15) is 0 Å². The average Bonchev–Trinajstić information content (AvgIpc) is 3.33. The fourth-order valence-electron chi connectivity index (χ4n) is 4.06. The van der Waals surface area contributed by atoms with E-state index in [1.54, 1.807) is 6.92 Å². The average molecular weight is 403 g/mol. The minimum Gasteiger partial charge on any atom is -0.393 e. The Balaban J connectivity index is 1.31. The first-order valence-corrected chi connectivity index (χ1v) is 10.3. The highest BCUT2D eigenvalue weighted by Gasteiger charge is 2.48. The molecule has 2 aliphatic rings. The zero-order valence-corrected chi connectivity index (χ0v) is 16.7. The van der Waals surface area contributed by atoms with E-state index < -0.39 is 24.4 Å². The quantitative estimate of drug-likeness (QED) is 0.605. The SMILES string of the molecule is C[C@H]([C@@H]1O[C@H]1C[C@H]1CO[C@@H](Cc2cc(-c3ccccc3)on2)[C@H](O)[C@@H]1O)[C@H](C)O. The van der Waals surface area contributed by atoms with E-state index in [2.05, 4.69) is 5.16 Å². The van der Waals surface area contributed by atoms with Gasteiger partial charge in [0.05, 0.1) is 42.8 Å². The Bertz CT molecular complexity index is 794. The number of benzene rings is 1. The minimum absolute atomic E-state index is 0.00334. The van der Waals surface area contributed by atoms with Crippen LogP contribution < -0.4 is 0 Å². The lowest BCUT2D eigenvalue weighted by Crippen LogP contribution is -2.51. The number of epoxide rings is 1. The van der Waals surface area contributed by atoms with Crippen molar-refractivity contribution in [3.8, 4) is 11.3 Å². The van der Waals surface area contributed by atoms with E-state index in [0.717, 1.165) is 5.56 Å². The lowest BCUT2D eigenvalue weighted by Gasteiger charge is -2.37. The second-order valence-electron chi connectivity index (χ2n) is 8.34. The number of aliphatic hydroxyl groups excluding tert-OH is 3. The Morgan fingerprint density at radius 2 is 1.86 bits per heavy atom. The molecule has 0 bridgehead atoms. The maximum absolute atomic E-state index is 10.6. The molecule has 4 rings (SSSR count). The van der Waals surface area contributed by atoms with Crippen LogP contribution in [-0.2, 0) is 15.9 Å². The van der Waals surface area contributed by atoms with E-state index in [4.69, 9.17) is 14.0 Å². The number of nitrogens with zero attached hydrogens (tertiary/aromatic N) is 1. The summed E-state index contributed by atoms with van der Waals surface area (Å²) in [6.07, 6.45) is -1.90. The van der Waals surface area contributed by atoms with Crippen molar-refractivity contribution in [2.24, 2.45) is 11.8 Å². The fraction of sp³-hybridized carbons (Fsp3) is 0.591. The smallest absolute Gasteiger partial charge is 0.167 e. The predicted octanol–water partition coefficient (Wildman–Crippen LogP) is 1.80. The van der Waals surface area contributed by atoms with Crippen LogP contribution in [0.3, 0.4) is 0 Å². The van der Waals surface area contributed by atoms with E-state index in [1.165, 1.54) is 0 Å². The van der Waals surface area contributed by atoms with Crippen LogP contribution in [0.2, 0.25) is 0 Å². The van der Waals surface area contributed by atoms with Crippen molar-refractivity contribution in [1.29, 1.82) is 0 Å². The Morgan fingerprint density at radius 3 is 2.59 bits per heavy atom. The molecule has 0 unspecified atom stereocenters. The lowest BCUT2D eigenvalue weighted by molar-refractivity contribution is -0.165. The van der Waals surface area contributed by atoms with Crippen LogP contribution in [0.25, 0.3) is 11.3 Å². The summed E-state index contributed by atoms with van der Waals surface area (Å²) >= 11 is 0. The van der Waals surface area contributed by atoms with E-state index in [9.17, 15) is 15.3 Å². The third-order valence-corrected chi connectivity index (χ3v) is 6.20. The normalized spacial score (nSPS) is 34.0. The molecule has 0 radical (unpaired) electrons. The van der Waals surface area contributed by atoms with Gasteiger partial charge < -0.3 is 29.3 Å². The van der Waals surface area contributed by atoms with Gasteiger partial charge in [0.2, 0.25) is 0 Å². The van der Waals surface area contributed by atoms with Crippen LogP contribution in [0.15, 0.2) is 40.9 Å². The third-order valence-electron chi connectivity index (χ3n) is 6.20. The zero-order chi connectivity index (χ0) is 20.5. The maximum Gasteiger partial charge on any atom is 0.167 e. The Morgan fingerprint density at radius 1 is 1.10 bits per heavy atom. The molecule has 3 N–H and O–H groups in total. The molecule has 2 saturated heterocycles. The maximum atomic E-state index is 10.6. The Kier molecular flexibility index (Phi) is 6.03. The summed E-state index contributed by atoms with van der Waals surface area (Å²) in [6, 6.07) is 11.5. The second kappa shape index (κ2) is 8.53. The molecular weight excluding hydrogens is 374 g/mol. The van der Waals surface area contributed by atoms with Crippen molar-refractivity contribution in [1.82, 2.24) is 5.16 Å². The summed E-state index contributed by atoms with van der Waals surface area (Å²) in [7, 11) is 0. The minimum atomic E-state index is -1.00. The van der Waals surface area contributed by atoms with Crippen molar-refractivity contribution in [2.75, 3.05) is 6.61 Å². The molecule has 0 saturated carbocycles. The van der Waals surface area contributed by atoms with Crippen molar-refractivity contribution in [3.05, 3.63) is 42.1 Å². The number of hydrogen-bond acceptors (Lipinski definition) is 7. The van der Waals surface area contributed by atoms with Crippen LogP contribution in [0.4, 0.5) is 0 Å². The molecule has 2 fully saturated rings. The molecule has 0 spiro atoms. The predicted molar refractivity (Wildman–Crippen MR) is 105 cm³/mol. The van der Waals surface area contributed by atoms with Crippen LogP contribution in [0, 0.1) is 11.8 Å². The monoisotopic (exact) mass is 403 g/mol. The number of hydrogen-bond donors (Lipinski definition) is 3. The van der Waals surface area contributed by atoms with E-state index >= 15 is 0 Å². The fourth-order valence-corrected chi connectivity index (χ4v) is 4.06. The van der Waals surface area contributed by atoms with E-state index in [-0.39, 0.29) is 24.0 Å². The zero-order valence-electron chi connectivity index (χ0n) is 16.7. The Labute approximate surface area is 170 Å². The molecule has 8 atom stereocenters. The summed E-state index contributed by atoms with van der Waals surface area (Å²) in [5, 5.41) is 34.9. The summed E-state index contributed by atoms with van der Waals surface area (Å²) < 4.78 is 16.9. The molecule has 158 valence electrons. The van der Waals surface area contributed by atoms with Gasteiger partial charge in [0.1, 0.15) is 6.10 Å². The van der Waals surface area contributed by atoms with Crippen molar-refractivity contribution < 1.29 is 29.3 Å². The van der Waals surface area contributed by atoms with Gasteiger partial charge in [0, 0.05) is 29.9 Å². The lowest BCUT2D eigenvalue weighted by atomic mass is 9.86. The van der Waals surface area contributed by atoms with Crippen LogP contribution >= 0.6 is 0 Å². The summed E-state index contributed by atoms with van der Waals surface area (Å²) in [5.41, 5.74) is 1.61. The summed E-state index contributed by atoms with van der Waals surface area (Å²) in [5.74, 6) is 0.508. The molecule has 1 aromatic carbocycles. The molecule has 7 nitrogen and oxygen atoms in total. The number of rotatable bonds is 7. The molecule has 0 amide bonds. The molecule has 7 heteroatoms. The second-order valence-corrected chi connectivity index (χ2v) is 8.34. The topological polar surface area (TPSA) is 108 Å². The Hall–Kier alpha value is -1.77. The molecule has 29 heavy (non-hydrogen) atoms. The highest BCUT2D eigenvalue weighted by Crippen LogP contribution is 2.38. The molecule has 0 aliphatic carbocycles. The van der Waals surface area contributed by atoms with Gasteiger partial charge in [0.15, 0.2) is 5.76 Å². The molecule has 2 aliphatic heterocycles. The third kappa shape index (κ3) is 4.54. The van der Waals surface area contributed by atoms with Gasteiger partial charge in [-0.25, -0.2) is 0 Å². The molecule has 1 aromatic heterocycles. The first-order valence-electron chi connectivity index (χ1n) is 10.3. The van der Waals surface area contributed by atoms with Crippen LogP contribution in [-0.4, -0.2) is 63.7 Å². The standard InChI is InChI=1S/C22H29NO6/c1-12(13(2)24)22-19(28-22)8-15-11-27-18(21(26)20(15)25)10-16-9-17(29-23-16)14-6-4-3-5-7-14/h3-7,9,12-13,15,18-22,24-26H,8,10-11H2,1-2H3/t12-,13-,15-,18-,19-,20+,21-,22-/m0/s1. The number of ether oxygens (including phenoxy) is 2.